The van der Waals surface area contributed by atoms with E-state index in [2.05, 4.69) is 0 Å². The average Bonchev–Trinajstić information content (AvgIpc) is 1.37. The maximum atomic E-state index is 4.90. The van der Waals surface area contributed by atoms with Crippen molar-refractivity contribution >= 4 is 0 Å². The number of hydrogen-bond donors (Lipinski definition) is 2. The first kappa shape index (κ1) is 9.06. The van der Waals surface area contributed by atoms with Crippen LogP contribution >= 0.6 is 0 Å². The van der Waals surface area contributed by atoms with Crippen LogP contribution in [0.2, 0.25) is 0 Å². The molecule has 0 aliphatic carbocycles. The Kier molecular flexibility index (Phi) is 16.0. The van der Waals surface area contributed by atoms with Gasteiger partial charge in [-0.25, -0.2) is 0 Å². The van der Waals surface area contributed by atoms with Gasteiger partial charge in [0.05, 0.1) is 0 Å². The summed E-state index contributed by atoms with van der Waals surface area (Å²) < 4.78 is 0. The Balaban J connectivity index is 0. The predicted molar refractivity (Wildman–Crippen MR) is 18.1 cm³/mol. The fraction of sp³-hybridized carbons (Fsp3) is 1.00. The van der Waals surface area contributed by atoms with Crippen molar-refractivity contribution in [2.75, 3.05) is 13.1 Å². The van der Waals surface area contributed by atoms with Gasteiger partial charge in [-0.1, -0.05) is 0 Å². The number of rotatable bonds is 1. The van der Waals surface area contributed by atoms with Gasteiger partial charge in [-0.15, -0.1) is 0 Å². The first-order valence-corrected chi connectivity index (χ1v) is 1.32. The Hall–Kier alpha value is 0.439. The fourth-order valence-electron chi connectivity index (χ4n) is 0. The van der Waals surface area contributed by atoms with E-state index in [-0.39, 0.29) is 17.1 Å². The molecular weight excluding hydrogens is 107 g/mol. The van der Waals surface area contributed by atoms with E-state index >= 15 is 0 Å². The van der Waals surface area contributed by atoms with E-state index in [1.54, 1.807) is 0 Å². The molecule has 0 atom stereocenters. The van der Waals surface area contributed by atoms with Crippen molar-refractivity contribution < 1.29 is 17.1 Å². The molecule has 0 bridgehead atoms. The molecule has 0 spiro atoms. The maximum absolute atomic E-state index is 4.90. The minimum absolute atomic E-state index is 0. The summed E-state index contributed by atoms with van der Waals surface area (Å²) in [4.78, 5) is 0. The molecule has 0 saturated carbocycles. The summed E-state index contributed by atoms with van der Waals surface area (Å²) in [5.74, 6) is 0. The Morgan fingerprint density at radius 1 is 1.00 bits per heavy atom. The van der Waals surface area contributed by atoms with Crippen molar-refractivity contribution in [2.24, 2.45) is 11.5 Å². The largest absolute Gasteiger partial charge is 2.00 e. The molecule has 0 aromatic carbocycles. The van der Waals surface area contributed by atoms with Crippen LogP contribution in [0.1, 0.15) is 0 Å². The summed E-state index contributed by atoms with van der Waals surface area (Å²) in [7, 11) is 0. The third-order valence-electron chi connectivity index (χ3n) is 0.167. The van der Waals surface area contributed by atoms with Crippen molar-refractivity contribution in [1.29, 1.82) is 0 Å². The average molecular weight is 115 g/mol. The zero-order valence-electron chi connectivity index (χ0n) is 2.95. The summed E-state index contributed by atoms with van der Waals surface area (Å²) in [6, 6.07) is 0. The molecule has 5 heavy (non-hydrogen) atoms. The van der Waals surface area contributed by atoms with Gasteiger partial charge in [0.15, 0.2) is 0 Å². The molecule has 3 heteroatoms. The first-order valence-electron chi connectivity index (χ1n) is 1.32. The van der Waals surface area contributed by atoms with Crippen LogP contribution < -0.4 is 11.5 Å². The summed E-state index contributed by atoms with van der Waals surface area (Å²) in [5.41, 5.74) is 9.81. The molecule has 0 aliphatic heterocycles. The van der Waals surface area contributed by atoms with Crippen molar-refractivity contribution in [2.45, 2.75) is 0 Å². The number of hydrogen-bond acceptors (Lipinski definition) is 2. The van der Waals surface area contributed by atoms with Gasteiger partial charge in [0.2, 0.25) is 0 Å². The molecule has 4 N–H and O–H groups in total. The van der Waals surface area contributed by atoms with Gasteiger partial charge in [-0.3, -0.25) is 0 Å². The topological polar surface area (TPSA) is 52.0 Å². The third kappa shape index (κ3) is 12.8. The molecule has 0 fully saturated rings. The molecule has 2 nitrogen and oxygen atoms in total. The summed E-state index contributed by atoms with van der Waals surface area (Å²) in [6.45, 7) is 1.19. The Labute approximate surface area is 42.4 Å². The monoisotopic (exact) mass is 115 g/mol. The quantitative estimate of drug-likeness (QED) is 0.426. The predicted octanol–water partition coefficient (Wildman–Crippen LogP) is -1.10. The molecule has 0 unspecified atom stereocenters. The fourth-order valence-corrected chi connectivity index (χ4v) is 0. The first-order chi connectivity index (χ1) is 1.91. The molecular formula is C2H8MnN2+2. The van der Waals surface area contributed by atoms with Gasteiger partial charge in [0.25, 0.3) is 0 Å². The van der Waals surface area contributed by atoms with Crippen molar-refractivity contribution in [3.8, 4) is 0 Å². The van der Waals surface area contributed by atoms with Crippen LogP contribution in [-0.2, 0) is 17.1 Å². The number of nitrogens with two attached hydrogens (primary N) is 2. The van der Waals surface area contributed by atoms with Gasteiger partial charge in [-0.05, 0) is 0 Å². The summed E-state index contributed by atoms with van der Waals surface area (Å²) >= 11 is 0. The molecule has 31 valence electrons. The van der Waals surface area contributed by atoms with Crippen LogP contribution in [0.5, 0.6) is 0 Å². The summed E-state index contributed by atoms with van der Waals surface area (Å²) in [6.07, 6.45) is 0. The van der Waals surface area contributed by atoms with Gasteiger partial charge in [0.1, 0.15) is 0 Å². The van der Waals surface area contributed by atoms with Gasteiger partial charge < -0.3 is 11.5 Å². The molecule has 0 aromatic rings. The van der Waals surface area contributed by atoms with E-state index in [0.29, 0.717) is 13.1 Å². The van der Waals surface area contributed by atoms with Gasteiger partial charge in [0, 0.05) is 13.1 Å². The maximum Gasteiger partial charge on any atom is 2.00 e. The van der Waals surface area contributed by atoms with Crippen molar-refractivity contribution in [3.05, 3.63) is 0 Å². The van der Waals surface area contributed by atoms with Gasteiger partial charge in [-0.2, -0.15) is 0 Å². The SMILES string of the molecule is NCCN.[Mn+2]. The minimum Gasteiger partial charge on any atom is -0.329 e. The van der Waals surface area contributed by atoms with Crippen LogP contribution in [0, 0.1) is 0 Å². The van der Waals surface area contributed by atoms with Crippen LogP contribution in [0.3, 0.4) is 0 Å². The third-order valence-corrected chi connectivity index (χ3v) is 0.167. The van der Waals surface area contributed by atoms with E-state index in [1.165, 1.54) is 0 Å². The van der Waals surface area contributed by atoms with Crippen LogP contribution in [0.25, 0.3) is 0 Å². The molecule has 0 saturated heterocycles. The van der Waals surface area contributed by atoms with E-state index in [9.17, 15) is 0 Å². The smallest absolute Gasteiger partial charge is 0.329 e. The zero-order chi connectivity index (χ0) is 3.41. The second kappa shape index (κ2) is 8.83. The van der Waals surface area contributed by atoms with E-state index in [1.807, 2.05) is 0 Å². The molecule has 0 rings (SSSR count). The van der Waals surface area contributed by atoms with Gasteiger partial charge >= 0.3 is 17.1 Å². The van der Waals surface area contributed by atoms with Crippen molar-refractivity contribution in [1.82, 2.24) is 0 Å². The Morgan fingerprint density at radius 3 is 1.20 bits per heavy atom. The normalized spacial score (nSPS) is 6.00. The molecule has 0 amide bonds. The molecule has 0 aromatic heterocycles. The summed E-state index contributed by atoms with van der Waals surface area (Å²) in [5, 5.41) is 0. The van der Waals surface area contributed by atoms with Crippen LogP contribution in [-0.4, -0.2) is 13.1 Å². The second-order valence-corrected chi connectivity index (χ2v) is 0.577. The van der Waals surface area contributed by atoms with Crippen LogP contribution in [0.4, 0.5) is 0 Å². The standard InChI is InChI=1S/C2H8N2.Mn/c3-1-2-4;/h1-4H2;/q;+2. The Bertz CT molecular complexity index is 9.61. The minimum atomic E-state index is 0. The van der Waals surface area contributed by atoms with Crippen LogP contribution in [0.15, 0.2) is 0 Å². The molecule has 0 aliphatic rings. The molecule has 1 radical (unpaired) electrons. The Morgan fingerprint density at radius 2 is 1.20 bits per heavy atom. The molecule has 0 heterocycles. The van der Waals surface area contributed by atoms with E-state index in [4.69, 9.17) is 11.5 Å². The van der Waals surface area contributed by atoms with E-state index in [0.717, 1.165) is 0 Å². The van der Waals surface area contributed by atoms with Crippen molar-refractivity contribution in [3.63, 3.8) is 0 Å². The second-order valence-electron chi connectivity index (χ2n) is 0.577. The van der Waals surface area contributed by atoms with E-state index < -0.39 is 0 Å². The zero-order valence-corrected chi connectivity index (χ0v) is 4.13.